The first-order valence-electron chi connectivity index (χ1n) is 18.2. The number of ether oxygens (including phenoxy) is 2. The van der Waals surface area contributed by atoms with Crippen molar-refractivity contribution in [3.63, 3.8) is 0 Å². The topological polar surface area (TPSA) is 123 Å². The molecule has 0 aliphatic carbocycles. The standard InChI is InChI=1S/C41H40Cl2N4O7/c42-39-29(25-7-9-33-35(19-25)53-23-37(49)46(33)17-15-44-13-11-27(21-44)41(51)52)3-1-5-31(39)32-6-2-4-30(40(32)43)26-8-10-34-36(20-26)54-24-38(50)47(34)18-16-45-14-12-28(48)22-45/h1-10,19-20,27-28,48H,11-18,21-24H2,(H,51,52)/t27?,28-/m0/s1. The van der Waals surface area contributed by atoms with E-state index in [4.69, 9.17) is 32.7 Å². The molecule has 4 aromatic rings. The third-order valence-corrected chi connectivity index (χ3v) is 11.7. The van der Waals surface area contributed by atoms with Gasteiger partial charge in [-0.25, -0.2) is 0 Å². The summed E-state index contributed by atoms with van der Waals surface area (Å²) in [4.78, 5) is 44.9. The number of likely N-dealkylation sites (tertiary alicyclic amines) is 2. The average Bonchev–Trinajstić information content (AvgIpc) is 3.83. The van der Waals surface area contributed by atoms with E-state index in [0.29, 0.717) is 85.2 Å². The molecule has 4 aliphatic heterocycles. The first-order valence-corrected chi connectivity index (χ1v) is 19.0. The summed E-state index contributed by atoms with van der Waals surface area (Å²) in [7, 11) is 0. The fraction of sp³-hybridized carbons (Fsp3) is 0.341. The summed E-state index contributed by atoms with van der Waals surface area (Å²) < 4.78 is 11.8. The van der Waals surface area contributed by atoms with Crippen LogP contribution in [0.5, 0.6) is 11.5 Å². The van der Waals surface area contributed by atoms with Crippen molar-refractivity contribution in [3.8, 4) is 44.9 Å². The smallest absolute Gasteiger partial charge is 0.307 e. The maximum absolute atomic E-state index is 12.9. The van der Waals surface area contributed by atoms with E-state index in [2.05, 4.69) is 9.80 Å². The Hall–Kier alpha value is -4.65. The summed E-state index contributed by atoms with van der Waals surface area (Å²) in [5, 5.41) is 20.3. The van der Waals surface area contributed by atoms with Gasteiger partial charge in [-0.05, 0) is 54.8 Å². The Morgan fingerprint density at radius 2 is 1.15 bits per heavy atom. The van der Waals surface area contributed by atoms with Gasteiger partial charge in [0.05, 0.1) is 33.4 Å². The maximum Gasteiger partial charge on any atom is 0.307 e. The minimum atomic E-state index is -0.779. The van der Waals surface area contributed by atoms with Crippen LogP contribution in [0, 0.1) is 5.92 Å². The number of aliphatic hydroxyl groups excluding tert-OH is 1. The summed E-state index contributed by atoms with van der Waals surface area (Å²) in [5.41, 5.74) is 6.09. The molecule has 4 aliphatic rings. The lowest BCUT2D eigenvalue weighted by Crippen LogP contribution is -2.43. The number of aliphatic carboxylic acids is 1. The molecular weight excluding hydrogens is 731 g/mol. The number of nitrogens with zero attached hydrogens (tertiary/aromatic N) is 4. The lowest BCUT2D eigenvalue weighted by atomic mass is 9.95. The quantitative estimate of drug-likeness (QED) is 0.203. The molecule has 0 bridgehead atoms. The number of carbonyl (C=O) groups excluding carboxylic acids is 2. The van der Waals surface area contributed by atoms with Crippen molar-refractivity contribution in [2.75, 3.05) is 75.4 Å². The highest BCUT2D eigenvalue weighted by Gasteiger charge is 2.32. The van der Waals surface area contributed by atoms with Crippen LogP contribution in [-0.4, -0.2) is 109 Å². The third-order valence-electron chi connectivity index (χ3n) is 10.9. The maximum atomic E-state index is 12.9. The normalized spacial score (nSPS) is 20.1. The second-order valence-corrected chi connectivity index (χ2v) is 15.0. The Bertz CT molecular complexity index is 2130. The molecule has 1 unspecified atom stereocenters. The minimum absolute atomic E-state index is 0.0507. The Morgan fingerprint density at radius 1 is 0.667 bits per heavy atom. The van der Waals surface area contributed by atoms with E-state index in [0.717, 1.165) is 46.3 Å². The molecule has 2 N–H and O–H groups in total. The van der Waals surface area contributed by atoms with E-state index in [1.165, 1.54) is 0 Å². The van der Waals surface area contributed by atoms with Crippen molar-refractivity contribution in [1.29, 1.82) is 0 Å². The molecule has 0 saturated carbocycles. The first kappa shape index (κ1) is 36.3. The Morgan fingerprint density at radius 3 is 1.61 bits per heavy atom. The second-order valence-electron chi connectivity index (χ2n) is 14.2. The number of anilines is 2. The van der Waals surface area contributed by atoms with Crippen molar-refractivity contribution in [3.05, 3.63) is 82.8 Å². The number of fused-ring (bicyclic) bond motifs is 2. The van der Waals surface area contributed by atoms with E-state index in [1.807, 2.05) is 72.8 Å². The van der Waals surface area contributed by atoms with Crippen LogP contribution in [0.25, 0.3) is 33.4 Å². The zero-order valence-electron chi connectivity index (χ0n) is 29.5. The van der Waals surface area contributed by atoms with Gasteiger partial charge in [0.1, 0.15) is 11.5 Å². The molecule has 2 saturated heterocycles. The van der Waals surface area contributed by atoms with E-state index >= 15 is 0 Å². The summed E-state index contributed by atoms with van der Waals surface area (Å²) in [5.74, 6) is -0.219. The van der Waals surface area contributed by atoms with Crippen LogP contribution in [0.15, 0.2) is 72.8 Å². The SMILES string of the molecule is O=C(O)C1CCN(CCN2C(=O)COc3cc(-c4cccc(-c5cccc(-c6ccc7c(c6)OCC(=O)N7CCN6CC[C@H](O)C6)c5Cl)c4Cl)ccc32)C1. The van der Waals surface area contributed by atoms with Gasteiger partial charge in [0.25, 0.3) is 11.8 Å². The van der Waals surface area contributed by atoms with Crippen molar-refractivity contribution >= 4 is 52.4 Å². The zero-order valence-corrected chi connectivity index (χ0v) is 31.1. The van der Waals surface area contributed by atoms with Crippen LogP contribution < -0.4 is 19.3 Å². The second kappa shape index (κ2) is 15.2. The average molecular weight is 772 g/mol. The minimum Gasteiger partial charge on any atom is -0.482 e. The van der Waals surface area contributed by atoms with Gasteiger partial charge >= 0.3 is 5.97 Å². The molecule has 13 heteroatoms. The van der Waals surface area contributed by atoms with Crippen LogP contribution in [0.2, 0.25) is 10.0 Å². The van der Waals surface area contributed by atoms with Crippen LogP contribution in [0.1, 0.15) is 12.8 Å². The van der Waals surface area contributed by atoms with E-state index in [9.17, 15) is 24.6 Å². The van der Waals surface area contributed by atoms with Gasteiger partial charge < -0.3 is 34.4 Å². The number of carbonyl (C=O) groups is 3. The summed E-state index contributed by atoms with van der Waals surface area (Å²) in [6.07, 6.45) is 1.04. The van der Waals surface area contributed by atoms with E-state index < -0.39 is 5.97 Å². The number of hydrogen-bond acceptors (Lipinski definition) is 8. The van der Waals surface area contributed by atoms with Gasteiger partial charge in [-0.2, -0.15) is 0 Å². The highest BCUT2D eigenvalue weighted by molar-refractivity contribution is 6.39. The highest BCUT2D eigenvalue weighted by Crippen LogP contribution is 2.45. The number of aliphatic hydroxyl groups is 1. The number of rotatable bonds is 10. The molecule has 0 spiro atoms. The van der Waals surface area contributed by atoms with Crippen LogP contribution >= 0.6 is 23.2 Å². The Kier molecular flexibility index (Phi) is 10.3. The molecule has 2 amide bonds. The lowest BCUT2D eigenvalue weighted by molar-refractivity contribution is -0.141. The highest BCUT2D eigenvalue weighted by atomic mass is 35.5. The van der Waals surface area contributed by atoms with Gasteiger partial charge in [0, 0.05) is 68.1 Å². The molecule has 11 nitrogen and oxygen atoms in total. The van der Waals surface area contributed by atoms with Gasteiger partial charge in [-0.3, -0.25) is 19.3 Å². The summed E-state index contributed by atoms with van der Waals surface area (Å²) >= 11 is 14.3. The van der Waals surface area contributed by atoms with E-state index in [1.54, 1.807) is 9.80 Å². The fourth-order valence-electron chi connectivity index (χ4n) is 7.90. The monoisotopic (exact) mass is 770 g/mol. The number of hydrogen-bond donors (Lipinski definition) is 2. The number of carboxylic acids is 1. The van der Waals surface area contributed by atoms with Gasteiger partial charge in [0.15, 0.2) is 13.2 Å². The predicted molar refractivity (Wildman–Crippen MR) is 208 cm³/mol. The van der Waals surface area contributed by atoms with Crippen LogP contribution in [0.4, 0.5) is 11.4 Å². The summed E-state index contributed by atoms with van der Waals surface area (Å²) in [6.45, 7) is 4.66. The van der Waals surface area contributed by atoms with Crippen molar-refractivity contribution < 1.29 is 34.1 Å². The number of halogens is 2. The molecule has 54 heavy (non-hydrogen) atoms. The van der Waals surface area contributed by atoms with Crippen LogP contribution in [-0.2, 0) is 14.4 Å². The predicted octanol–water partition coefficient (Wildman–Crippen LogP) is 5.92. The van der Waals surface area contributed by atoms with Gasteiger partial charge in [0.2, 0.25) is 0 Å². The molecule has 2 atom stereocenters. The Balaban J connectivity index is 1.02. The number of amides is 2. The molecule has 280 valence electrons. The number of benzene rings is 4. The largest absolute Gasteiger partial charge is 0.482 e. The molecule has 4 heterocycles. The van der Waals surface area contributed by atoms with Crippen LogP contribution in [0.3, 0.4) is 0 Å². The number of carboxylic acid groups (broad SMARTS) is 1. The van der Waals surface area contributed by atoms with Crippen molar-refractivity contribution in [2.24, 2.45) is 5.92 Å². The van der Waals surface area contributed by atoms with Gasteiger partial charge in [-0.1, -0.05) is 71.7 Å². The molecule has 4 aromatic carbocycles. The molecule has 8 rings (SSSR count). The zero-order chi connectivity index (χ0) is 37.5. The Labute approximate surface area is 323 Å². The van der Waals surface area contributed by atoms with E-state index in [-0.39, 0.29) is 37.0 Å². The first-order chi connectivity index (χ1) is 26.1. The molecule has 0 aromatic heterocycles. The van der Waals surface area contributed by atoms with Crippen molar-refractivity contribution in [1.82, 2.24) is 9.80 Å². The van der Waals surface area contributed by atoms with Gasteiger partial charge in [-0.15, -0.1) is 0 Å². The third kappa shape index (κ3) is 7.14. The van der Waals surface area contributed by atoms with Crippen molar-refractivity contribution in [2.45, 2.75) is 18.9 Å². The lowest BCUT2D eigenvalue weighted by Gasteiger charge is -2.31. The molecule has 0 radical (unpaired) electrons. The number of β-amino-alcohol motifs (C(OH)–C–C–N with tert-alkyl or cyclic N) is 1. The summed E-state index contributed by atoms with van der Waals surface area (Å²) in [6, 6.07) is 23.0. The molecule has 2 fully saturated rings. The fourth-order valence-corrected chi connectivity index (χ4v) is 8.57. The molecular formula is C41H40Cl2N4O7.